The van der Waals surface area contributed by atoms with Crippen LogP contribution in [0.25, 0.3) is 0 Å². The molecule has 0 aromatic rings. The largest absolute Gasteiger partial charge is 0.320 e. The Labute approximate surface area is 111 Å². The van der Waals surface area contributed by atoms with Gasteiger partial charge in [-0.3, -0.25) is 0 Å². The average Bonchev–Trinajstić information content (AvgIpc) is 2.32. The second-order valence-corrected chi connectivity index (χ2v) is 7.01. The van der Waals surface area contributed by atoms with E-state index in [1.165, 1.54) is 4.31 Å². The Morgan fingerprint density at radius 1 is 1.39 bits per heavy atom. The Hall–Kier alpha value is -0.210. The van der Waals surface area contributed by atoms with Gasteiger partial charge < -0.3 is 10.2 Å². The maximum absolute atomic E-state index is 12.3. The van der Waals surface area contributed by atoms with Gasteiger partial charge in [0.25, 0.3) is 10.2 Å². The lowest BCUT2D eigenvalue weighted by Crippen LogP contribution is -2.55. The predicted molar refractivity (Wildman–Crippen MR) is 73.8 cm³/mol. The standard InChI is InChI=1S/C11H26N4O2S/c1-11-10-15(9-8-13(11)3)18(16,17)14(4)7-5-6-12-2/h11-12H,5-10H2,1-4H3. The molecule has 0 radical (unpaired) electrons. The third-order valence-corrected chi connectivity index (χ3v) is 5.50. The van der Waals surface area contributed by atoms with Crippen molar-refractivity contribution in [2.75, 3.05) is 53.9 Å². The molecule has 0 saturated carbocycles. The summed E-state index contributed by atoms with van der Waals surface area (Å²) in [7, 11) is 2.28. The molecular formula is C11H26N4O2S. The van der Waals surface area contributed by atoms with Crippen molar-refractivity contribution in [3.63, 3.8) is 0 Å². The SMILES string of the molecule is CNCCCN(C)S(=O)(=O)N1CCN(C)C(C)C1. The summed E-state index contributed by atoms with van der Waals surface area (Å²) in [6, 6.07) is 0.277. The van der Waals surface area contributed by atoms with Gasteiger partial charge in [0, 0.05) is 39.3 Å². The molecule has 1 unspecified atom stereocenters. The van der Waals surface area contributed by atoms with Crippen LogP contribution in [0.3, 0.4) is 0 Å². The molecule has 18 heavy (non-hydrogen) atoms. The third kappa shape index (κ3) is 3.89. The second kappa shape index (κ2) is 6.81. The molecule has 6 nitrogen and oxygen atoms in total. The van der Waals surface area contributed by atoms with E-state index in [0.29, 0.717) is 19.6 Å². The van der Waals surface area contributed by atoms with E-state index in [1.54, 1.807) is 11.4 Å². The van der Waals surface area contributed by atoms with Crippen LogP contribution in [-0.4, -0.2) is 81.8 Å². The van der Waals surface area contributed by atoms with E-state index in [-0.39, 0.29) is 6.04 Å². The van der Waals surface area contributed by atoms with E-state index < -0.39 is 10.2 Å². The van der Waals surface area contributed by atoms with Crippen molar-refractivity contribution in [3.8, 4) is 0 Å². The molecule has 1 saturated heterocycles. The average molecular weight is 278 g/mol. The Morgan fingerprint density at radius 3 is 2.61 bits per heavy atom. The van der Waals surface area contributed by atoms with E-state index in [9.17, 15) is 8.42 Å². The first-order valence-corrected chi connectivity index (χ1v) is 7.85. The fourth-order valence-corrected chi connectivity index (χ4v) is 3.49. The minimum atomic E-state index is -3.29. The number of piperazine rings is 1. The molecule has 1 atom stereocenters. The zero-order chi connectivity index (χ0) is 13.8. The lowest BCUT2D eigenvalue weighted by molar-refractivity contribution is 0.154. The summed E-state index contributed by atoms with van der Waals surface area (Å²) >= 11 is 0. The minimum absolute atomic E-state index is 0.277. The Morgan fingerprint density at radius 2 is 2.06 bits per heavy atom. The summed E-state index contributed by atoms with van der Waals surface area (Å²) in [5, 5.41) is 3.03. The summed E-state index contributed by atoms with van der Waals surface area (Å²) in [4.78, 5) is 2.19. The maximum atomic E-state index is 12.3. The first kappa shape index (κ1) is 15.8. The van der Waals surface area contributed by atoms with Crippen LogP contribution in [0.2, 0.25) is 0 Å². The summed E-state index contributed by atoms with van der Waals surface area (Å²) in [5.74, 6) is 0. The van der Waals surface area contributed by atoms with Crippen molar-refractivity contribution >= 4 is 10.2 Å². The summed E-state index contributed by atoms with van der Waals surface area (Å²) in [5.41, 5.74) is 0. The highest BCUT2D eigenvalue weighted by atomic mass is 32.2. The number of hydrogen-bond acceptors (Lipinski definition) is 4. The summed E-state index contributed by atoms with van der Waals surface area (Å²) in [6.45, 7) is 5.41. The molecule has 1 fully saturated rings. The Kier molecular flexibility index (Phi) is 6.00. The van der Waals surface area contributed by atoms with Gasteiger partial charge in [-0.05, 0) is 34.0 Å². The molecule has 1 N–H and O–H groups in total. The van der Waals surface area contributed by atoms with Crippen LogP contribution < -0.4 is 5.32 Å². The van der Waals surface area contributed by atoms with E-state index in [1.807, 2.05) is 14.1 Å². The number of rotatable bonds is 6. The number of nitrogens with zero attached hydrogens (tertiary/aromatic N) is 3. The van der Waals surface area contributed by atoms with Crippen molar-refractivity contribution in [2.45, 2.75) is 19.4 Å². The molecule has 0 aromatic carbocycles. The fourth-order valence-electron chi connectivity index (χ4n) is 2.02. The van der Waals surface area contributed by atoms with Crippen molar-refractivity contribution in [1.29, 1.82) is 0 Å². The highest BCUT2D eigenvalue weighted by Gasteiger charge is 2.31. The second-order valence-electron chi connectivity index (χ2n) is 4.97. The molecule has 7 heteroatoms. The normalized spacial score (nSPS) is 23.7. The lowest BCUT2D eigenvalue weighted by atomic mass is 10.2. The van der Waals surface area contributed by atoms with Gasteiger partial charge in [-0.1, -0.05) is 0 Å². The number of likely N-dealkylation sites (N-methyl/N-ethyl adjacent to an activating group) is 1. The van der Waals surface area contributed by atoms with Crippen LogP contribution >= 0.6 is 0 Å². The van der Waals surface area contributed by atoms with E-state index in [0.717, 1.165) is 19.5 Å². The molecule has 1 rings (SSSR count). The van der Waals surface area contributed by atoms with Gasteiger partial charge in [0.15, 0.2) is 0 Å². The van der Waals surface area contributed by atoms with Gasteiger partial charge in [0.05, 0.1) is 0 Å². The van der Waals surface area contributed by atoms with Gasteiger partial charge in [-0.2, -0.15) is 17.0 Å². The molecule has 0 aromatic heterocycles. The van der Waals surface area contributed by atoms with Crippen LogP contribution in [0.5, 0.6) is 0 Å². The zero-order valence-electron chi connectivity index (χ0n) is 11.9. The van der Waals surface area contributed by atoms with E-state index >= 15 is 0 Å². The van der Waals surface area contributed by atoms with Gasteiger partial charge in [0.1, 0.15) is 0 Å². The highest BCUT2D eigenvalue weighted by molar-refractivity contribution is 7.86. The number of hydrogen-bond donors (Lipinski definition) is 1. The first-order valence-electron chi connectivity index (χ1n) is 6.46. The van der Waals surface area contributed by atoms with Gasteiger partial charge in [-0.25, -0.2) is 0 Å². The molecule has 0 amide bonds. The van der Waals surface area contributed by atoms with Gasteiger partial charge in [-0.15, -0.1) is 0 Å². The molecule has 0 spiro atoms. The number of nitrogens with one attached hydrogen (secondary N) is 1. The van der Waals surface area contributed by atoms with Crippen LogP contribution in [-0.2, 0) is 10.2 Å². The molecule has 1 aliphatic heterocycles. The van der Waals surface area contributed by atoms with Crippen molar-refractivity contribution < 1.29 is 8.42 Å². The topological polar surface area (TPSA) is 55.9 Å². The van der Waals surface area contributed by atoms with E-state index in [4.69, 9.17) is 0 Å². The van der Waals surface area contributed by atoms with E-state index in [2.05, 4.69) is 17.1 Å². The van der Waals surface area contributed by atoms with Crippen molar-refractivity contribution in [2.24, 2.45) is 0 Å². The van der Waals surface area contributed by atoms with Crippen molar-refractivity contribution in [3.05, 3.63) is 0 Å². The molecular weight excluding hydrogens is 252 g/mol. The highest BCUT2D eigenvalue weighted by Crippen LogP contribution is 2.14. The summed E-state index contributed by atoms with van der Waals surface area (Å²) < 4.78 is 27.7. The maximum Gasteiger partial charge on any atom is 0.281 e. The van der Waals surface area contributed by atoms with Crippen LogP contribution in [0.1, 0.15) is 13.3 Å². The lowest BCUT2D eigenvalue weighted by Gasteiger charge is -2.38. The minimum Gasteiger partial charge on any atom is -0.320 e. The molecule has 1 aliphatic rings. The molecule has 108 valence electrons. The van der Waals surface area contributed by atoms with Gasteiger partial charge >= 0.3 is 0 Å². The Balaban J connectivity index is 2.57. The van der Waals surface area contributed by atoms with Gasteiger partial charge in [0.2, 0.25) is 0 Å². The quantitative estimate of drug-likeness (QED) is 0.660. The predicted octanol–water partition coefficient (Wildman–Crippen LogP) is -0.592. The molecule has 0 bridgehead atoms. The zero-order valence-corrected chi connectivity index (χ0v) is 12.7. The smallest absolute Gasteiger partial charge is 0.281 e. The van der Waals surface area contributed by atoms with Crippen LogP contribution in [0, 0.1) is 0 Å². The monoisotopic (exact) mass is 278 g/mol. The first-order chi connectivity index (χ1) is 8.39. The molecule has 1 heterocycles. The summed E-state index contributed by atoms with van der Waals surface area (Å²) in [6.07, 6.45) is 0.829. The van der Waals surface area contributed by atoms with Crippen LogP contribution in [0.15, 0.2) is 0 Å². The molecule has 0 aliphatic carbocycles. The fraction of sp³-hybridized carbons (Fsp3) is 1.00. The third-order valence-electron chi connectivity index (χ3n) is 3.54. The van der Waals surface area contributed by atoms with Crippen molar-refractivity contribution in [1.82, 2.24) is 18.8 Å². The van der Waals surface area contributed by atoms with Crippen LogP contribution in [0.4, 0.5) is 0 Å². The Bertz CT molecular complexity index is 347.